The fourth-order valence-corrected chi connectivity index (χ4v) is 3.65. The van der Waals surface area contributed by atoms with Crippen molar-refractivity contribution in [2.75, 3.05) is 32.9 Å². The molecule has 0 aromatic carbocycles. The maximum Gasteiger partial charge on any atom is 0.263 e. The van der Waals surface area contributed by atoms with Gasteiger partial charge in [-0.15, -0.1) is 11.3 Å². The van der Waals surface area contributed by atoms with Crippen LogP contribution < -0.4 is 5.32 Å². The maximum absolute atomic E-state index is 12.7. The SMILES string of the molecule is CCOC1CC(C(=O)N2CCOC[C@@H]2CNC(=O)c2cncs2)C1. The van der Waals surface area contributed by atoms with Gasteiger partial charge >= 0.3 is 0 Å². The minimum absolute atomic E-state index is 0.0411. The second-order valence-electron chi connectivity index (χ2n) is 6.08. The van der Waals surface area contributed by atoms with Crippen LogP contribution in [0.2, 0.25) is 0 Å². The first-order chi connectivity index (χ1) is 11.7. The van der Waals surface area contributed by atoms with E-state index in [2.05, 4.69) is 10.3 Å². The summed E-state index contributed by atoms with van der Waals surface area (Å²) in [6.07, 6.45) is 3.35. The smallest absolute Gasteiger partial charge is 0.263 e. The molecule has 2 heterocycles. The zero-order valence-corrected chi connectivity index (χ0v) is 14.6. The van der Waals surface area contributed by atoms with E-state index in [-0.39, 0.29) is 29.9 Å². The number of thiazole rings is 1. The first kappa shape index (κ1) is 17.3. The molecule has 2 aliphatic rings. The predicted molar refractivity (Wildman–Crippen MR) is 88.9 cm³/mol. The minimum atomic E-state index is -0.157. The van der Waals surface area contributed by atoms with Crippen LogP contribution in [0, 0.1) is 5.92 Å². The van der Waals surface area contributed by atoms with Crippen LogP contribution in [-0.4, -0.2) is 66.8 Å². The Bertz CT molecular complexity index is 560. The number of amides is 2. The summed E-state index contributed by atoms with van der Waals surface area (Å²) < 4.78 is 11.0. The molecule has 0 bridgehead atoms. The van der Waals surface area contributed by atoms with Gasteiger partial charge in [0.05, 0.1) is 37.1 Å². The van der Waals surface area contributed by atoms with Gasteiger partial charge in [-0.3, -0.25) is 14.6 Å². The molecule has 132 valence electrons. The summed E-state index contributed by atoms with van der Waals surface area (Å²) >= 11 is 1.30. The Labute approximate surface area is 145 Å². The lowest BCUT2D eigenvalue weighted by atomic mass is 9.81. The number of aromatic nitrogens is 1. The number of rotatable bonds is 6. The monoisotopic (exact) mass is 353 g/mol. The predicted octanol–water partition coefficient (Wildman–Crippen LogP) is 0.915. The van der Waals surface area contributed by atoms with E-state index in [4.69, 9.17) is 9.47 Å². The van der Waals surface area contributed by atoms with Crippen molar-refractivity contribution in [2.24, 2.45) is 5.92 Å². The summed E-state index contributed by atoms with van der Waals surface area (Å²) in [6.45, 7) is 4.64. The van der Waals surface area contributed by atoms with Crippen LogP contribution in [0.5, 0.6) is 0 Å². The lowest BCUT2D eigenvalue weighted by Gasteiger charge is -2.42. The van der Waals surface area contributed by atoms with Crippen molar-refractivity contribution in [1.82, 2.24) is 15.2 Å². The van der Waals surface area contributed by atoms with Crippen molar-refractivity contribution in [2.45, 2.75) is 31.9 Å². The van der Waals surface area contributed by atoms with E-state index in [9.17, 15) is 9.59 Å². The van der Waals surface area contributed by atoms with Crippen molar-refractivity contribution >= 4 is 23.2 Å². The highest BCUT2D eigenvalue weighted by Crippen LogP contribution is 2.32. The largest absolute Gasteiger partial charge is 0.378 e. The van der Waals surface area contributed by atoms with Crippen molar-refractivity contribution in [3.63, 3.8) is 0 Å². The van der Waals surface area contributed by atoms with Gasteiger partial charge in [0.15, 0.2) is 0 Å². The first-order valence-corrected chi connectivity index (χ1v) is 9.23. The highest BCUT2D eigenvalue weighted by atomic mass is 32.1. The zero-order chi connectivity index (χ0) is 16.9. The zero-order valence-electron chi connectivity index (χ0n) is 13.8. The van der Waals surface area contributed by atoms with E-state index in [0.717, 1.165) is 12.8 Å². The number of hydrogen-bond acceptors (Lipinski definition) is 6. The molecule has 1 aliphatic carbocycles. The van der Waals surface area contributed by atoms with Gasteiger partial charge in [0.2, 0.25) is 5.91 Å². The van der Waals surface area contributed by atoms with Crippen LogP contribution >= 0.6 is 11.3 Å². The molecule has 3 rings (SSSR count). The number of morpholine rings is 1. The van der Waals surface area contributed by atoms with E-state index < -0.39 is 0 Å². The molecule has 2 amide bonds. The molecule has 1 aliphatic heterocycles. The standard InChI is InChI=1S/C16H23N3O4S/c1-2-23-13-5-11(6-13)16(21)19-3-4-22-9-12(19)7-18-15(20)14-8-17-10-24-14/h8,10-13H,2-7,9H2,1H3,(H,18,20)/t11?,12-,13?/m0/s1. The quantitative estimate of drug-likeness (QED) is 0.822. The summed E-state index contributed by atoms with van der Waals surface area (Å²) in [6, 6.07) is -0.116. The van der Waals surface area contributed by atoms with Crippen LogP contribution in [0.15, 0.2) is 11.7 Å². The normalized spacial score (nSPS) is 26.7. The number of nitrogens with one attached hydrogen (secondary N) is 1. The van der Waals surface area contributed by atoms with Gasteiger partial charge in [-0.2, -0.15) is 0 Å². The average molecular weight is 353 g/mol. The van der Waals surface area contributed by atoms with Gasteiger partial charge in [-0.05, 0) is 19.8 Å². The average Bonchev–Trinajstić information content (AvgIpc) is 3.10. The van der Waals surface area contributed by atoms with E-state index in [1.807, 2.05) is 11.8 Å². The van der Waals surface area contributed by atoms with Gasteiger partial charge < -0.3 is 19.7 Å². The maximum atomic E-state index is 12.7. The summed E-state index contributed by atoms with van der Waals surface area (Å²) in [5, 5.41) is 2.88. The molecule has 24 heavy (non-hydrogen) atoms. The summed E-state index contributed by atoms with van der Waals surface area (Å²) in [5.41, 5.74) is 1.62. The third kappa shape index (κ3) is 3.93. The molecular formula is C16H23N3O4S. The van der Waals surface area contributed by atoms with Crippen molar-refractivity contribution in [3.05, 3.63) is 16.6 Å². The van der Waals surface area contributed by atoms with E-state index in [1.165, 1.54) is 11.3 Å². The number of carbonyl (C=O) groups excluding carboxylic acids is 2. The third-order valence-corrected chi connectivity index (χ3v) is 5.28. The molecular weight excluding hydrogens is 330 g/mol. The van der Waals surface area contributed by atoms with Gasteiger partial charge in [0.1, 0.15) is 4.88 Å². The van der Waals surface area contributed by atoms with Crippen LogP contribution in [0.3, 0.4) is 0 Å². The highest BCUT2D eigenvalue weighted by Gasteiger charge is 2.40. The van der Waals surface area contributed by atoms with Gasteiger partial charge in [0.25, 0.3) is 5.91 Å². The molecule has 0 radical (unpaired) electrons. The van der Waals surface area contributed by atoms with Crippen molar-refractivity contribution in [3.8, 4) is 0 Å². The number of nitrogens with zero attached hydrogens (tertiary/aromatic N) is 2. The Morgan fingerprint density at radius 1 is 1.50 bits per heavy atom. The van der Waals surface area contributed by atoms with Gasteiger partial charge in [-0.1, -0.05) is 0 Å². The second-order valence-corrected chi connectivity index (χ2v) is 6.97. The van der Waals surface area contributed by atoms with E-state index in [0.29, 0.717) is 37.8 Å². The number of carbonyl (C=O) groups is 2. The lowest BCUT2D eigenvalue weighted by Crippen LogP contribution is -2.56. The molecule has 0 unspecified atom stereocenters. The molecule has 7 nitrogen and oxygen atoms in total. The van der Waals surface area contributed by atoms with Crippen LogP contribution in [-0.2, 0) is 14.3 Å². The van der Waals surface area contributed by atoms with Gasteiger partial charge in [0, 0.05) is 25.6 Å². The summed E-state index contributed by atoms with van der Waals surface area (Å²) in [7, 11) is 0. The minimum Gasteiger partial charge on any atom is -0.378 e. The molecule has 0 spiro atoms. The van der Waals surface area contributed by atoms with Crippen LogP contribution in [0.25, 0.3) is 0 Å². The summed E-state index contributed by atoms with van der Waals surface area (Å²) in [5.74, 6) is 0.0427. The second kappa shape index (κ2) is 8.04. The molecule has 1 saturated heterocycles. The summed E-state index contributed by atoms with van der Waals surface area (Å²) in [4.78, 5) is 31.1. The number of hydrogen-bond donors (Lipinski definition) is 1. The Morgan fingerprint density at radius 3 is 3.04 bits per heavy atom. The Morgan fingerprint density at radius 2 is 2.33 bits per heavy atom. The first-order valence-electron chi connectivity index (χ1n) is 8.35. The molecule has 2 fully saturated rings. The van der Waals surface area contributed by atoms with Gasteiger partial charge in [-0.25, -0.2) is 0 Å². The topological polar surface area (TPSA) is 80.8 Å². The van der Waals surface area contributed by atoms with Crippen LogP contribution in [0.4, 0.5) is 0 Å². The van der Waals surface area contributed by atoms with Crippen molar-refractivity contribution < 1.29 is 19.1 Å². The Kier molecular flexibility index (Phi) is 5.80. The Hall–Kier alpha value is -1.51. The lowest BCUT2D eigenvalue weighted by molar-refractivity contribution is -0.152. The third-order valence-electron chi connectivity index (χ3n) is 4.51. The molecule has 1 atom stereocenters. The Balaban J connectivity index is 1.52. The molecule has 8 heteroatoms. The number of ether oxygens (including phenoxy) is 2. The molecule has 1 aromatic rings. The molecule has 1 aromatic heterocycles. The van der Waals surface area contributed by atoms with Crippen molar-refractivity contribution in [1.29, 1.82) is 0 Å². The highest BCUT2D eigenvalue weighted by molar-refractivity contribution is 7.11. The fraction of sp³-hybridized carbons (Fsp3) is 0.688. The van der Waals surface area contributed by atoms with E-state index in [1.54, 1.807) is 11.7 Å². The molecule has 1 saturated carbocycles. The molecule has 1 N–H and O–H groups in total. The fourth-order valence-electron chi connectivity index (χ4n) is 3.11. The van der Waals surface area contributed by atoms with E-state index >= 15 is 0 Å². The van der Waals surface area contributed by atoms with Crippen LogP contribution in [0.1, 0.15) is 29.4 Å².